The number of nitrogens with two attached hydrogens (primary N) is 1. The first-order chi connectivity index (χ1) is 8.08. The number of aryl methyl sites for hydroxylation is 1. The molecule has 1 aromatic carbocycles. The van der Waals surface area contributed by atoms with Gasteiger partial charge < -0.3 is 11.1 Å². The number of hydrogen-bond acceptors (Lipinski definition) is 4. The van der Waals surface area contributed by atoms with Gasteiger partial charge in [-0.15, -0.1) is 0 Å². The molecule has 0 saturated carbocycles. The van der Waals surface area contributed by atoms with Gasteiger partial charge in [-0.2, -0.15) is 0 Å². The molecule has 1 aromatic heterocycles. The summed E-state index contributed by atoms with van der Waals surface area (Å²) in [4.78, 5) is 7.66. The summed E-state index contributed by atoms with van der Waals surface area (Å²) in [6, 6.07) is 4.76. The third-order valence-corrected chi connectivity index (χ3v) is 2.57. The van der Waals surface area contributed by atoms with Gasteiger partial charge in [0.15, 0.2) is 11.0 Å². The Hall–Kier alpha value is -1.88. The second-order valence-corrected chi connectivity index (χ2v) is 3.87. The average Bonchev–Trinajstić information content (AvgIpc) is 2.30. The molecule has 0 aliphatic heterocycles. The summed E-state index contributed by atoms with van der Waals surface area (Å²) >= 11 is 5.75. The summed E-state index contributed by atoms with van der Waals surface area (Å²) in [5.74, 6) is 0.0574. The second-order valence-electron chi connectivity index (χ2n) is 3.52. The first-order valence-electron chi connectivity index (χ1n) is 4.87. The van der Waals surface area contributed by atoms with E-state index < -0.39 is 0 Å². The van der Waals surface area contributed by atoms with Crippen LogP contribution in [0.1, 0.15) is 5.56 Å². The van der Waals surface area contributed by atoms with Crippen LogP contribution in [0.25, 0.3) is 0 Å². The van der Waals surface area contributed by atoms with Crippen molar-refractivity contribution >= 4 is 28.8 Å². The minimum atomic E-state index is -0.297. The van der Waals surface area contributed by atoms with Gasteiger partial charge in [0.05, 0.1) is 0 Å². The van der Waals surface area contributed by atoms with E-state index in [1.807, 2.05) is 0 Å². The molecule has 0 radical (unpaired) electrons. The summed E-state index contributed by atoms with van der Waals surface area (Å²) in [7, 11) is 0. The van der Waals surface area contributed by atoms with Crippen LogP contribution in [-0.2, 0) is 0 Å². The minimum absolute atomic E-state index is 0.162. The lowest BCUT2D eigenvalue weighted by molar-refractivity contribution is 0.619. The quantitative estimate of drug-likeness (QED) is 0.807. The summed E-state index contributed by atoms with van der Waals surface area (Å²) < 4.78 is 13.3. The summed E-state index contributed by atoms with van der Waals surface area (Å²) in [6.45, 7) is 1.69. The van der Waals surface area contributed by atoms with Crippen molar-refractivity contribution < 1.29 is 4.39 Å². The number of hydrogen-bond donors (Lipinski definition) is 2. The van der Waals surface area contributed by atoms with E-state index in [1.165, 1.54) is 12.4 Å². The van der Waals surface area contributed by atoms with Gasteiger partial charge in [0.25, 0.3) is 0 Å². The molecule has 3 N–H and O–H groups in total. The van der Waals surface area contributed by atoms with Crippen LogP contribution in [-0.4, -0.2) is 9.97 Å². The van der Waals surface area contributed by atoms with Gasteiger partial charge >= 0.3 is 0 Å². The molecule has 0 aliphatic carbocycles. The normalized spacial score (nSPS) is 10.3. The minimum Gasteiger partial charge on any atom is -0.393 e. The van der Waals surface area contributed by atoms with Gasteiger partial charge in [-0.05, 0) is 24.6 Å². The highest BCUT2D eigenvalue weighted by Gasteiger charge is 2.07. The van der Waals surface area contributed by atoms with Crippen molar-refractivity contribution in [1.29, 1.82) is 0 Å². The predicted molar refractivity (Wildman–Crippen MR) is 65.9 cm³/mol. The molecule has 4 nitrogen and oxygen atoms in total. The second kappa shape index (κ2) is 4.55. The summed E-state index contributed by atoms with van der Waals surface area (Å²) in [6.07, 6.45) is 1.28. The molecule has 0 atom stereocenters. The topological polar surface area (TPSA) is 63.8 Å². The molecule has 0 saturated heterocycles. The molecule has 6 heteroatoms. The van der Waals surface area contributed by atoms with Crippen LogP contribution in [0.3, 0.4) is 0 Å². The number of rotatable bonds is 2. The Balaban J connectivity index is 2.31. The molecular weight excluding hydrogens is 243 g/mol. The van der Waals surface area contributed by atoms with Crippen LogP contribution in [0.4, 0.5) is 21.6 Å². The van der Waals surface area contributed by atoms with Crippen LogP contribution in [0.15, 0.2) is 24.5 Å². The van der Waals surface area contributed by atoms with Crippen LogP contribution in [0, 0.1) is 12.7 Å². The van der Waals surface area contributed by atoms with E-state index in [-0.39, 0.29) is 16.7 Å². The van der Waals surface area contributed by atoms with E-state index in [1.54, 1.807) is 19.1 Å². The molecule has 0 unspecified atom stereocenters. The Morgan fingerprint density at radius 3 is 2.82 bits per heavy atom. The maximum absolute atomic E-state index is 13.3. The number of aromatic nitrogens is 2. The Kier molecular flexibility index (Phi) is 3.10. The summed E-state index contributed by atoms with van der Waals surface area (Å²) in [5, 5.41) is 3.04. The molecule has 0 bridgehead atoms. The zero-order valence-electron chi connectivity index (χ0n) is 9.04. The Morgan fingerprint density at radius 1 is 1.35 bits per heavy atom. The lowest BCUT2D eigenvalue weighted by Crippen LogP contribution is -2.01. The fraction of sp³-hybridized carbons (Fsp3) is 0.0909. The molecule has 2 rings (SSSR count). The van der Waals surface area contributed by atoms with Crippen molar-refractivity contribution in [3.05, 3.63) is 41.1 Å². The van der Waals surface area contributed by atoms with Crippen molar-refractivity contribution in [1.82, 2.24) is 9.97 Å². The Bertz CT molecular complexity index is 559. The fourth-order valence-corrected chi connectivity index (χ4v) is 1.41. The maximum Gasteiger partial charge on any atom is 0.158 e. The smallest absolute Gasteiger partial charge is 0.158 e. The third kappa shape index (κ3) is 2.45. The maximum atomic E-state index is 13.3. The zero-order chi connectivity index (χ0) is 12.4. The average molecular weight is 253 g/mol. The molecule has 0 aliphatic rings. The lowest BCUT2D eigenvalue weighted by Gasteiger charge is -2.09. The lowest BCUT2D eigenvalue weighted by atomic mass is 10.2. The Morgan fingerprint density at radius 2 is 2.12 bits per heavy atom. The fourth-order valence-electron chi connectivity index (χ4n) is 1.28. The van der Waals surface area contributed by atoms with Crippen molar-refractivity contribution in [2.24, 2.45) is 0 Å². The van der Waals surface area contributed by atoms with Crippen molar-refractivity contribution in [2.75, 3.05) is 11.1 Å². The molecule has 0 fully saturated rings. The van der Waals surface area contributed by atoms with Gasteiger partial charge in [-0.3, -0.25) is 0 Å². The number of nitrogens with zero attached hydrogens (tertiary/aromatic N) is 2. The third-order valence-electron chi connectivity index (χ3n) is 2.27. The molecule has 17 heavy (non-hydrogen) atoms. The first kappa shape index (κ1) is 11.6. The van der Waals surface area contributed by atoms with E-state index in [9.17, 15) is 4.39 Å². The van der Waals surface area contributed by atoms with E-state index in [0.717, 1.165) is 0 Å². The molecule has 0 spiro atoms. The van der Waals surface area contributed by atoms with Crippen molar-refractivity contribution in [2.45, 2.75) is 6.92 Å². The molecule has 1 heterocycles. The number of halogens is 2. The van der Waals surface area contributed by atoms with E-state index in [0.29, 0.717) is 17.1 Å². The largest absolute Gasteiger partial charge is 0.393 e. The SMILES string of the molecule is Cc1ccc(Nc2ncnc(Cl)c2N)cc1F. The van der Waals surface area contributed by atoms with Gasteiger partial charge in [-0.1, -0.05) is 17.7 Å². The highest BCUT2D eigenvalue weighted by Crippen LogP contribution is 2.25. The molecular formula is C11H10ClFN4. The van der Waals surface area contributed by atoms with Gasteiger partial charge in [0.2, 0.25) is 0 Å². The van der Waals surface area contributed by atoms with Crippen LogP contribution >= 0.6 is 11.6 Å². The van der Waals surface area contributed by atoms with Crippen molar-refractivity contribution in [3.8, 4) is 0 Å². The van der Waals surface area contributed by atoms with Crippen molar-refractivity contribution in [3.63, 3.8) is 0 Å². The standard InChI is InChI=1S/C11H10ClFN4/c1-6-2-3-7(4-8(6)13)17-11-9(14)10(12)15-5-16-11/h2-5H,14H2,1H3,(H,15,16,17). The van der Waals surface area contributed by atoms with Gasteiger partial charge in [0, 0.05) is 5.69 Å². The van der Waals surface area contributed by atoms with E-state index >= 15 is 0 Å². The van der Waals surface area contributed by atoms with Gasteiger partial charge in [-0.25, -0.2) is 14.4 Å². The number of anilines is 3. The highest BCUT2D eigenvalue weighted by molar-refractivity contribution is 6.32. The Labute approximate surface area is 103 Å². The number of nitrogen functional groups attached to an aromatic ring is 1. The van der Waals surface area contributed by atoms with Gasteiger partial charge in [0.1, 0.15) is 17.8 Å². The monoisotopic (exact) mass is 252 g/mol. The molecule has 2 aromatic rings. The number of nitrogens with one attached hydrogen (secondary N) is 1. The highest BCUT2D eigenvalue weighted by atomic mass is 35.5. The molecule has 88 valence electrons. The van der Waals surface area contributed by atoms with Crippen LogP contribution in [0.2, 0.25) is 5.15 Å². The zero-order valence-corrected chi connectivity index (χ0v) is 9.79. The van der Waals surface area contributed by atoms with Crippen LogP contribution in [0.5, 0.6) is 0 Å². The van der Waals surface area contributed by atoms with E-state index in [2.05, 4.69) is 15.3 Å². The number of benzene rings is 1. The van der Waals surface area contributed by atoms with Crippen LogP contribution < -0.4 is 11.1 Å². The van der Waals surface area contributed by atoms with E-state index in [4.69, 9.17) is 17.3 Å². The molecule has 0 amide bonds. The summed E-state index contributed by atoms with van der Waals surface area (Å²) in [5.41, 5.74) is 7.04. The predicted octanol–water partition coefficient (Wildman–Crippen LogP) is 2.90. The first-order valence-corrected chi connectivity index (χ1v) is 5.25.